The third-order valence-electron chi connectivity index (χ3n) is 5.02. The Morgan fingerprint density at radius 1 is 1.09 bits per heavy atom. The number of piperazine rings is 1. The van der Waals surface area contributed by atoms with E-state index in [2.05, 4.69) is 51.7 Å². The molecule has 4 N–H and O–H groups in total. The monoisotopic (exact) mass is 500 g/mol. The van der Waals surface area contributed by atoms with Crippen molar-refractivity contribution in [3.05, 3.63) is 41.0 Å². The van der Waals surface area contributed by atoms with Crippen LogP contribution in [-0.2, 0) is 0 Å². The van der Waals surface area contributed by atoms with Crippen LogP contribution in [0.1, 0.15) is 0 Å². The third kappa shape index (κ3) is 4.80. The molecule has 1 fully saturated rings. The molecule has 3 amide bonds. The van der Waals surface area contributed by atoms with Crippen molar-refractivity contribution in [1.29, 1.82) is 0 Å². The number of fused-ring (bicyclic) bond motifs is 1. The fourth-order valence-corrected chi connectivity index (χ4v) is 3.73. The van der Waals surface area contributed by atoms with Crippen LogP contribution in [0.2, 0.25) is 0 Å². The zero-order chi connectivity index (χ0) is 22.7. The first-order valence-electron chi connectivity index (χ1n) is 9.85. The van der Waals surface area contributed by atoms with Crippen molar-refractivity contribution >= 4 is 62.2 Å². The van der Waals surface area contributed by atoms with Gasteiger partial charge >= 0.3 is 12.1 Å². The van der Waals surface area contributed by atoms with Crippen LogP contribution >= 0.6 is 15.9 Å². The predicted molar refractivity (Wildman–Crippen MR) is 125 cm³/mol. The average Bonchev–Trinajstić information content (AvgIpc) is 2.80. The van der Waals surface area contributed by atoms with Gasteiger partial charge in [0.1, 0.15) is 0 Å². The number of pyridine rings is 1. The van der Waals surface area contributed by atoms with Crippen LogP contribution < -0.4 is 20.9 Å². The van der Waals surface area contributed by atoms with Gasteiger partial charge in [0, 0.05) is 56.2 Å². The molecule has 4 rings (SSSR count). The Kier molecular flexibility index (Phi) is 6.21. The molecular weight excluding hydrogens is 480 g/mol. The Morgan fingerprint density at radius 3 is 2.47 bits per heavy atom. The van der Waals surface area contributed by atoms with Crippen molar-refractivity contribution in [2.45, 2.75) is 0 Å². The third-order valence-corrected chi connectivity index (χ3v) is 5.62. The Hall–Kier alpha value is -3.67. The fourth-order valence-electron chi connectivity index (χ4n) is 3.30. The lowest BCUT2D eigenvalue weighted by Gasteiger charge is -2.34. The quantitative estimate of drug-likeness (QED) is 0.429. The minimum Gasteiger partial charge on any atom is -0.465 e. The van der Waals surface area contributed by atoms with Gasteiger partial charge in [-0.15, -0.1) is 0 Å². The second-order valence-corrected chi connectivity index (χ2v) is 7.91. The number of nitrogens with zero attached hydrogens (tertiary/aromatic N) is 5. The van der Waals surface area contributed by atoms with Crippen LogP contribution in [0.3, 0.4) is 0 Å². The largest absolute Gasteiger partial charge is 0.465 e. The number of carbonyl (C=O) groups is 2. The van der Waals surface area contributed by atoms with E-state index in [0.717, 1.165) is 16.8 Å². The molecule has 32 heavy (non-hydrogen) atoms. The van der Waals surface area contributed by atoms with Gasteiger partial charge in [0.05, 0.1) is 4.47 Å². The van der Waals surface area contributed by atoms with E-state index in [-0.39, 0.29) is 6.03 Å². The van der Waals surface area contributed by atoms with Crippen molar-refractivity contribution in [2.75, 3.05) is 48.8 Å². The first-order valence-corrected chi connectivity index (χ1v) is 10.6. The summed E-state index contributed by atoms with van der Waals surface area (Å²) in [5.41, 5.74) is 2.26. The molecule has 0 radical (unpaired) electrons. The SMILES string of the molecule is CNC(=O)Nc1nc2nc(Nc3ccc(N4CCN(C(=O)O)CC4)cc3)ncc2cc1Br. The number of amides is 3. The number of halogens is 1. The van der Waals surface area contributed by atoms with E-state index >= 15 is 0 Å². The first kappa shape index (κ1) is 21.6. The zero-order valence-electron chi connectivity index (χ0n) is 17.2. The molecule has 3 heterocycles. The number of aromatic nitrogens is 3. The molecule has 3 aromatic rings. The number of anilines is 4. The number of carboxylic acid groups (broad SMARTS) is 1. The van der Waals surface area contributed by atoms with E-state index in [1.54, 1.807) is 12.3 Å². The van der Waals surface area contributed by atoms with E-state index in [9.17, 15) is 9.59 Å². The van der Waals surface area contributed by atoms with E-state index < -0.39 is 6.09 Å². The van der Waals surface area contributed by atoms with E-state index in [1.165, 1.54) is 11.9 Å². The first-order chi connectivity index (χ1) is 15.4. The van der Waals surface area contributed by atoms with Crippen molar-refractivity contribution < 1.29 is 14.7 Å². The zero-order valence-corrected chi connectivity index (χ0v) is 18.8. The van der Waals surface area contributed by atoms with E-state index in [1.807, 2.05) is 24.3 Å². The lowest BCUT2D eigenvalue weighted by atomic mass is 10.2. The van der Waals surface area contributed by atoms with Crippen LogP contribution in [0.25, 0.3) is 11.0 Å². The van der Waals surface area contributed by atoms with Crippen molar-refractivity contribution in [1.82, 2.24) is 25.2 Å². The maximum Gasteiger partial charge on any atom is 0.407 e. The Labute approximate surface area is 192 Å². The van der Waals surface area contributed by atoms with Gasteiger partial charge in [-0.3, -0.25) is 5.32 Å². The molecule has 1 saturated heterocycles. The molecule has 0 spiro atoms. The molecule has 166 valence electrons. The lowest BCUT2D eigenvalue weighted by Crippen LogP contribution is -2.48. The smallest absolute Gasteiger partial charge is 0.407 e. The van der Waals surface area contributed by atoms with Crippen LogP contribution in [0, 0.1) is 0 Å². The van der Waals surface area contributed by atoms with Gasteiger partial charge in [0.25, 0.3) is 0 Å². The number of carbonyl (C=O) groups excluding carboxylic acids is 1. The minimum atomic E-state index is -0.877. The van der Waals surface area contributed by atoms with Crippen molar-refractivity contribution in [3.8, 4) is 0 Å². The summed E-state index contributed by atoms with van der Waals surface area (Å²) in [6.45, 7) is 2.28. The van der Waals surface area contributed by atoms with Crippen molar-refractivity contribution in [3.63, 3.8) is 0 Å². The Bertz CT molecular complexity index is 1150. The molecule has 0 atom stereocenters. The summed E-state index contributed by atoms with van der Waals surface area (Å²) >= 11 is 3.39. The normalized spacial score (nSPS) is 13.7. The van der Waals surface area contributed by atoms with Gasteiger partial charge < -0.3 is 25.5 Å². The maximum atomic E-state index is 11.6. The van der Waals surface area contributed by atoms with Gasteiger partial charge in [-0.05, 0) is 46.3 Å². The van der Waals surface area contributed by atoms with Crippen LogP contribution in [0.4, 0.5) is 32.7 Å². The van der Waals surface area contributed by atoms with Gasteiger partial charge in [0.2, 0.25) is 5.95 Å². The average molecular weight is 501 g/mol. The molecule has 0 bridgehead atoms. The molecule has 0 aliphatic carbocycles. The minimum absolute atomic E-state index is 0.355. The highest BCUT2D eigenvalue weighted by Crippen LogP contribution is 2.26. The van der Waals surface area contributed by atoms with E-state index in [0.29, 0.717) is 48.1 Å². The summed E-state index contributed by atoms with van der Waals surface area (Å²) in [6.07, 6.45) is 0.778. The number of rotatable bonds is 4. The molecular formula is C20H21BrN8O3. The lowest BCUT2D eigenvalue weighted by molar-refractivity contribution is 0.142. The summed E-state index contributed by atoms with van der Waals surface area (Å²) in [5.74, 6) is 0.731. The summed E-state index contributed by atoms with van der Waals surface area (Å²) in [7, 11) is 1.52. The highest BCUT2D eigenvalue weighted by Gasteiger charge is 2.20. The highest BCUT2D eigenvalue weighted by molar-refractivity contribution is 9.10. The maximum absolute atomic E-state index is 11.6. The summed E-state index contributed by atoms with van der Waals surface area (Å²) in [5, 5.41) is 18.1. The van der Waals surface area contributed by atoms with Gasteiger partial charge in [-0.2, -0.15) is 4.98 Å². The van der Waals surface area contributed by atoms with Gasteiger partial charge in [0.15, 0.2) is 11.5 Å². The van der Waals surface area contributed by atoms with Crippen LogP contribution in [-0.4, -0.2) is 70.3 Å². The molecule has 0 unspecified atom stereocenters. The molecule has 0 saturated carbocycles. The number of urea groups is 1. The van der Waals surface area contributed by atoms with Gasteiger partial charge in [-0.25, -0.2) is 19.6 Å². The number of nitrogens with one attached hydrogen (secondary N) is 3. The summed E-state index contributed by atoms with van der Waals surface area (Å²) in [4.78, 5) is 39.4. The Morgan fingerprint density at radius 2 is 1.81 bits per heavy atom. The molecule has 2 aromatic heterocycles. The second kappa shape index (κ2) is 9.22. The van der Waals surface area contributed by atoms with E-state index in [4.69, 9.17) is 5.11 Å². The number of benzene rings is 1. The van der Waals surface area contributed by atoms with Crippen molar-refractivity contribution in [2.24, 2.45) is 0 Å². The molecule has 1 aliphatic rings. The van der Waals surface area contributed by atoms with Crippen LogP contribution in [0.15, 0.2) is 41.0 Å². The summed E-state index contributed by atoms with van der Waals surface area (Å²) in [6, 6.07) is 9.19. The summed E-state index contributed by atoms with van der Waals surface area (Å²) < 4.78 is 0.623. The topological polar surface area (TPSA) is 136 Å². The number of hydrogen-bond acceptors (Lipinski definition) is 7. The fraction of sp³-hybridized carbons (Fsp3) is 0.250. The highest BCUT2D eigenvalue weighted by atomic mass is 79.9. The number of hydrogen-bond donors (Lipinski definition) is 4. The molecule has 11 nitrogen and oxygen atoms in total. The second-order valence-electron chi connectivity index (χ2n) is 7.06. The molecule has 12 heteroatoms. The standard InChI is InChI=1S/C20H21BrN8O3/c1-22-19(30)27-17-15(21)10-12-11-23-18(26-16(12)25-17)24-13-2-4-14(5-3-13)28-6-8-29(9-7-28)20(31)32/h2-5,10-11H,6-9H2,1H3,(H,31,32)(H3,22,23,24,25,26,27,30). The predicted octanol–water partition coefficient (Wildman–Crippen LogP) is 3.08. The Balaban J connectivity index is 1.46. The molecule has 1 aliphatic heterocycles. The molecule has 1 aromatic carbocycles. The van der Waals surface area contributed by atoms with Gasteiger partial charge in [-0.1, -0.05) is 0 Å². The van der Waals surface area contributed by atoms with Crippen LogP contribution in [0.5, 0.6) is 0 Å².